The van der Waals surface area contributed by atoms with Crippen LogP contribution in [0.2, 0.25) is 0 Å². The van der Waals surface area contributed by atoms with Gasteiger partial charge < -0.3 is 10.5 Å². The molecule has 5 nitrogen and oxygen atoms in total. The molecular formula is C29H34N4O. The number of nitrogens with two attached hydrogens (primary N) is 1. The predicted molar refractivity (Wildman–Crippen MR) is 143 cm³/mol. The molecule has 5 heteroatoms. The Morgan fingerprint density at radius 3 is 2.71 bits per heavy atom. The van der Waals surface area contributed by atoms with Crippen molar-refractivity contribution in [2.45, 2.75) is 39.5 Å². The molecule has 1 aliphatic rings. The summed E-state index contributed by atoms with van der Waals surface area (Å²) >= 11 is 0. The Hall–Kier alpha value is -3.57. The van der Waals surface area contributed by atoms with Gasteiger partial charge >= 0.3 is 0 Å². The van der Waals surface area contributed by atoms with Gasteiger partial charge in [-0.15, -0.1) is 0 Å². The van der Waals surface area contributed by atoms with E-state index in [0.717, 1.165) is 67.0 Å². The van der Waals surface area contributed by atoms with E-state index in [-0.39, 0.29) is 0 Å². The zero-order valence-electron chi connectivity index (χ0n) is 20.2. The van der Waals surface area contributed by atoms with Crippen molar-refractivity contribution in [2.24, 2.45) is 10.7 Å². The number of aryl methyl sites for hydroxylation is 1. The highest BCUT2D eigenvalue weighted by atomic mass is 16.5. The smallest absolute Gasteiger partial charge is 0.250 e. The zero-order chi connectivity index (χ0) is 24.2. The summed E-state index contributed by atoms with van der Waals surface area (Å²) in [5.74, 6) is 0.441. The highest BCUT2D eigenvalue weighted by molar-refractivity contribution is 6.10. The number of rotatable bonds is 12. The van der Waals surface area contributed by atoms with Gasteiger partial charge in [0.1, 0.15) is 0 Å². The number of fused-ring (bicyclic) bond motifs is 1. The van der Waals surface area contributed by atoms with Crippen LogP contribution in [0.3, 0.4) is 0 Å². The van der Waals surface area contributed by atoms with Crippen LogP contribution < -0.4 is 5.73 Å². The number of aromatic nitrogens is 2. The molecule has 2 N–H and O–H groups in total. The molecule has 34 heavy (non-hydrogen) atoms. The van der Waals surface area contributed by atoms with E-state index in [4.69, 9.17) is 20.4 Å². The van der Waals surface area contributed by atoms with Crippen LogP contribution in [0.1, 0.15) is 49.2 Å². The van der Waals surface area contributed by atoms with Crippen LogP contribution >= 0.6 is 0 Å². The van der Waals surface area contributed by atoms with Crippen LogP contribution in [0, 0.1) is 0 Å². The molecule has 176 valence electrons. The van der Waals surface area contributed by atoms with Crippen molar-refractivity contribution in [1.82, 2.24) is 9.97 Å². The van der Waals surface area contributed by atoms with Crippen LogP contribution in [-0.4, -0.2) is 29.4 Å². The SMILES string of the molecule is C=C/C=C(\C=C/C)C1=Cc2nc(/N=C/C(=C\N)c3ccccc3)nc(CCCOCCC)c2C1. The van der Waals surface area contributed by atoms with E-state index in [1.807, 2.05) is 55.5 Å². The second-order valence-corrected chi connectivity index (χ2v) is 8.00. The van der Waals surface area contributed by atoms with Gasteiger partial charge in [-0.2, -0.15) is 0 Å². The van der Waals surface area contributed by atoms with Crippen molar-refractivity contribution in [3.63, 3.8) is 0 Å². The standard InChI is InChI=1S/C29H34N4O/c1-4-11-22(12-5-2)24-18-26-27(15-10-17-34-16-6-3)32-29(33-28(26)19-24)31-21-25(20-30)23-13-8-7-9-14-23/h4-5,7-9,11-14,19-21H,1,6,10,15-18,30H2,2-3H3/b12-5-,22-11+,25-20+,31-21+. The summed E-state index contributed by atoms with van der Waals surface area (Å²) in [6.07, 6.45) is 17.0. The fourth-order valence-electron chi connectivity index (χ4n) is 3.84. The second-order valence-electron chi connectivity index (χ2n) is 8.00. The Labute approximate surface area is 203 Å². The summed E-state index contributed by atoms with van der Waals surface area (Å²) in [6, 6.07) is 9.92. The number of hydrogen-bond acceptors (Lipinski definition) is 5. The topological polar surface area (TPSA) is 73.4 Å². The predicted octanol–water partition coefficient (Wildman–Crippen LogP) is 6.17. The molecule has 1 heterocycles. The van der Waals surface area contributed by atoms with Gasteiger partial charge in [-0.1, -0.05) is 68.1 Å². The van der Waals surface area contributed by atoms with Crippen LogP contribution in [0.15, 0.2) is 83.6 Å². The van der Waals surface area contributed by atoms with Gasteiger partial charge in [0.25, 0.3) is 0 Å². The number of hydrogen-bond donors (Lipinski definition) is 1. The molecule has 0 unspecified atom stereocenters. The third-order valence-electron chi connectivity index (χ3n) is 5.46. The molecule has 0 aliphatic heterocycles. The molecule has 0 bridgehead atoms. The van der Waals surface area contributed by atoms with Crippen molar-refractivity contribution in [1.29, 1.82) is 0 Å². The quantitative estimate of drug-likeness (QED) is 0.237. The molecule has 0 saturated carbocycles. The van der Waals surface area contributed by atoms with E-state index in [1.165, 1.54) is 11.1 Å². The summed E-state index contributed by atoms with van der Waals surface area (Å²) in [5.41, 5.74) is 13.1. The van der Waals surface area contributed by atoms with E-state index in [0.29, 0.717) is 5.95 Å². The molecular weight excluding hydrogens is 420 g/mol. The molecule has 0 radical (unpaired) electrons. The number of benzene rings is 1. The van der Waals surface area contributed by atoms with E-state index in [1.54, 1.807) is 12.4 Å². The van der Waals surface area contributed by atoms with Crippen LogP contribution in [0.4, 0.5) is 5.95 Å². The number of allylic oxidation sites excluding steroid dienone is 7. The highest BCUT2D eigenvalue weighted by Crippen LogP contribution is 2.32. The largest absolute Gasteiger partial charge is 0.404 e. The summed E-state index contributed by atoms with van der Waals surface area (Å²) in [4.78, 5) is 14.2. The summed E-state index contributed by atoms with van der Waals surface area (Å²) in [7, 11) is 0. The first-order chi connectivity index (χ1) is 16.7. The molecule has 0 spiro atoms. The molecule has 1 aliphatic carbocycles. The molecule has 0 amide bonds. The Kier molecular flexibility index (Phi) is 9.74. The second kappa shape index (κ2) is 13.2. The van der Waals surface area contributed by atoms with Gasteiger partial charge in [0.15, 0.2) is 0 Å². The zero-order valence-corrected chi connectivity index (χ0v) is 20.2. The number of aliphatic imine (C=N–C) groups is 1. The minimum Gasteiger partial charge on any atom is -0.404 e. The highest BCUT2D eigenvalue weighted by Gasteiger charge is 2.21. The Morgan fingerprint density at radius 1 is 1.18 bits per heavy atom. The van der Waals surface area contributed by atoms with Crippen LogP contribution in [0.25, 0.3) is 11.6 Å². The van der Waals surface area contributed by atoms with E-state index < -0.39 is 0 Å². The molecule has 0 saturated heterocycles. The maximum Gasteiger partial charge on any atom is 0.250 e. The molecule has 2 aromatic rings. The first kappa shape index (κ1) is 25.1. The van der Waals surface area contributed by atoms with Crippen molar-refractivity contribution in [3.8, 4) is 0 Å². The fraction of sp³-hybridized carbons (Fsp3) is 0.276. The third kappa shape index (κ3) is 6.72. The molecule has 1 aromatic heterocycles. The van der Waals surface area contributed by atoms with Crippen LogP contribution in [0.5, 0.6) is 0 Å². The minimum absolute atomic E-state index is 0.441. The van der Waals surface area contributed by atoms with Crippen molar-refractivity contribution in [3.05, 3.63) is 101 Å². The van der Waals surface area contributed by atoms with Crippen molar-refractivity contribution >= 4 is 23.8 Å². The lowest BCUT2D eigenvalue weighted by atomic mass is 10.0. The van der Waals surface area contributed by atoms with Gasteiger partial charge in [-0.3, -0.25) is 0 Å². The minimum atomic E-state index is 0.441. The average Bonchev–Trinajstić information content (AvgIpc) is 3.29. The number of ether oxygens (including phenoxy) is 1. The summed E-state index contributed by atoms with van der Waals surface area (Å²) in [5, 5.41) is 0. The van der Waals surface area contributed by atoms with Crippen molar-refractivity contribution < 1.29 is 4.74 Å². The van der Waals surface area contributed by atoms with Crippen molar-refractivity contribution in [2.75, 3.05) is 13.2 Å². The summed E-state index contributed by atoms with van der Waals surface area (Å²) in [6.45, 7) is 9.50. The maximum absolute atomic E-state index is 5.86. The van der Waals surface area contributed by atoms with Gasteiger partial charge in [0, 0.05) is 43.2 Å². The lowest BCUT2D eigenvalue weighted by Gasteiger charge is -2.10. The monoisotopic (exact) mass is 454 g/mol. The number of nitrogens with zero attached hydrogens (tertiary/aromatic N) is 3. The molecule has 3 rings (SSSR count). The Balaban J connectivity index is 1.91. The molecule has 0 fully saturated rings. The summed E-state index contributed by atoms with van der Waals surface area (Å²) < 4.78 is 5.68. The van der Waals surface area contributed by atoms with E-state index in [9.17, 15) is 0 Å². The van der Waals surface area contributed by atoms with E-state index in [2.05, 4.69) is 30.6 Å². The first-order valence-corrected chi connectivity index (χ1v) is 11.8. The van der Waals surface area contributed by atoms with Crippen LogP contribution in [-0.2, 0) is 17.6 Å². The normalized spacial score (nSPS) is 14.1. The lowest BCUT2D eigenvalue weighted by molar-refractivity contribution is 0.132. The van der Waals surface area contributed by atoms with Gasteiger partial charge in [0.2, 0.25) is 5.95 Å². The molecule has 0 atom stereocenters. The molecule has 1 aromatic carbocycles. The average molecular weight is 455 g/mol. The van der Waals surface area contributed by atoms with E-state index >= 15 is 0 Å². The fourth-order valence-corrected chi connectivity index (χ4v) is 3.84. The first-order valence-electron chi connectivity index (χ1n) is 11.8. The lowest BCUT2D eigenvalue weighted by Crippen LogP contribution is -2.04. The van der Waals surface area contributed by atoms with Gasteiger partial charge in [0.05, 0.1) is 11.4 Å². The van der Waals surface area contributed by atoms with Gasteiger partial charge in [-0.05, 0) is 49.0 Å². The Morgan fingerprint density at radius 2 is 2.00 bits per heavy atom. The third-order valence-corrected chi connectivity index (χ3v) is 5.46. The Bertz CT molecular complexity index is 1120. The maximum atomic E-state index is 5.86. The van der Waals surface area contributed by atoms with Gasteiger partial charge in [-0.25, -0.2) is 15.0 Å².